The number of aromatic hydroxyl groups is 1. The number of rotatable bonds is 1. The van der Waals surface area contributed by atoms with Crippen molar-refractivity contribution in [1.29, 1.82) is 0 Å². The van der Waals surface area contributed by atoms with Crippen molar-refractivity contribution in [1.82, 2.24) is 4.90 Å². The van der Waals surface area contributed by atoms with Crippen LogP contribution in [0.5, 0.6) is 5.75 Å². The van der Waals surface area contributed by atoms with Crippen LogP contribution in [0.15, 0.2) is 18.2 Å². The number of phenolic OH excluding ortho intramolecular Hbond substituents is 1. The van der Waals surface area contributed by atoms with Gasteiger partial charge in [0.05, 0.1) is 11.3 Å². The van der Waals surface area contributed by atoms with Crippen LogP contribution >= 0.6 is 0 Å². The van der Waals surface area contributed by atoms with Gasteiger partial charge in [-0.05, 0) is 45.2 Å². The molecule has 1 aromatic carbocycles. The average Bonchev–Trinajstić information content (AvgIpc) is 2.32. The molecule has 2 rings (SSSR count). The fourth-order valence-electron chi connectivity index (χ4n) is 2.69. The molecular formula is C14H20N2O2. The molecule has 1 aliphatic rings. The Labute approximate surface area is 107 Å². The number of phenols is 1. The standard InChI is InChI=1S/C14H20N2O2/c1-9-5-3-6-10(2)16(9)14(18)11-7-4-8-12(15)13(11)17/h4,7-10,17H,3,5-6,15H2,1-2H3/t9-,10+. The number of nitrogen functional groups attached to an aromatic ring is 1. The van der Waals surface area contributed by atoms with Crippen molar-refractivity contribution in [3.8, 4) is 5.75 Å². The first kappa shape index (κ1) is 12.7. The molecule has 4 heteroatoms. The van der Waals surface area contributed by atoms with Crippen LogP contribution in [0, 0.1) is 0 Å². The minimum absolute atomic E-state index is 0.104. The molecule has 1 aliphatic heterocycles. The number of para-hydroxylation sites is 1. The van der Waals surface area contributed by atoms with Gasteiger partial charge in [-0.2, -0.15) is 0 Å². The lowest BCUT2D eigenvalue weighted by Gasteiger charge is -2.39. The first-order valence-corrected chi connectivity index (χ1v) is 6.42. The van der Waals surface area contributed by atoms with E-state index in [2.05, 4.69) is 13.8 Å². The van der Waals surface area contributed by atoms with Gasteiger partial charge >= 0.3 is 0 Å². The number of carbonyl (C=O) groups is 1. The maximum atomic E-state index is 12.5. The summed E-state index contributed by atoms with van der Waals surface area (Å²) >= 11 is 0. The summed E-state index contributed by atoms with van der Waals surface area (Å²) in [4.78, 5) is 14.4. The lowest BCUT2D eigenvalue weighted by molar-refractivity contribution is 0.0508. The number of likely N-dealkylation sites (tertiary alicyclic amines) is 1. The van der Waals surface area contributed by atoms with Crippen LogP contribution in [0.1, 0.15) is 43.5 Å². The van der Waals surface area contributed by atoms with Gasteiger partial charge in [0, 0.05) is 12.1 Å². The third-order valence-corrected chi connectivity index (χ3v) is 3.73. The number of piperidine rings is 1. The van der Waals surface area contributed by atoms with Gasteiger partial charge < -0.3 is 15.7 Å². The number of nitrogens with zero attached hydrogens (tertiary/aromatic N) is 1. The van der Waals surface area contributed by atoms with E-state index in [1.807, 2.05) is 4.90 Å². The molecule has 1 fully saturated rings. The average molecular weight is 248 g/mol. The molecule has 0 bridgehead atoms. The SMILES string of the molecule is C[C@@H]1CCC[C@H](C)N1C(=O)c1cccc(N)c1O. The number of carbonyl (C=O) groups excluding carboxylic acids is 1. The summed E-state index contributed by atoms with van der Waals surface area (Å²) < 4.78 is 0. The summed E-state index contributed by atoms with van der Waals surface area (Å²) in [6.07, 6.45) is 3.17. The van der Waals surface area contributed by atoms with Gasteiger partial charge in [0.25, 0.3) is 5.91 Å². The van der Waals surface area contributed by atoms with Gasteiger partial charge in [0.1, 0.15) is 0 Å². The molecule has 1 saturated heterocycles. The van der Waals surface area contributed by atoms with Crippen LogP contribution in [0.2, 0.25) is 0 Å². The Hall–Kier alpha value is -1.71. The molecule has 0 unspecified atom stereocenters. The first-order chi connectivity index (χ1) is 8.52. The third-order valence-electron chi connectivity index (χ3n) is 3.73. The summed E-state index contributed by atoms with van der Waals surface area (Å²) in [5, 5.41) is 9.90. The van der Waals surface area contributed by atoms with Gasteiger partial charge in [0.2, 0.25) is 0 Å². The van der Waals surface area contributed by atoms with Crippen molar-refractivity contribution in [2.24, 2.45) is 0 Å². The molecule has 18 heavy (non-hydrogen) atoms. The summed E-state index contributed by atoms with van der Waals surface area (Å²) in [5.74, 6) is -0.230. The zero-order valence-electron chi connectivity index (χ0n) is 10.9. The highest BCUT2D eigenvalue weighted by Crippen LogP contribution is 2.30. The van der Waals surface area contributed by atoms with E-state index in [0.29, 0.717) is 5.56 Å². The highest BCUT2D eigenvalue weighted by Gasteiger charge is 2.31. The summed E-state index contributed by atoms with van der Waals surface area (Å²) in [6, 6.07) is 5.34. The molecule has 2 atom stereocenters. The Morgan fingerprint density at radius 1 is 1.33 bits per heavy atom. The zero-order valence-corrected chi connectivity index (χ0v) is 10.9. The van der Waals surface area contributed by atoms with E-state index >= 15 is 0 Å². The lowest BCUT2D eigenvalue weighted by atomic mass is 9.96. The summed E-state index contributed by atoms with van der Waals surface area (Å²) in [7, 11) is 0. The van der Waals surface area contributed by atoms with Gasteiger partial charge in [-0.25, -0.2) is 0 Å². The van der Waals surface area contributed by atoms with Crippen molar-refractivity contribution in [2.75, 3.05) is 5.73 Å². The Morgan fingerprint density at radius 2 is 1.94 bits per heavy atom. The number of anilines is 1. The number of benzene rings is 1. The van der Waals surface area contributed by atoms with Gasteiger partial charge in [-0.15, -0.1) is 0 Å². The lowest BCUT2D eigenvalue weighted by Crippen LogP contribution is -2.47. The second kappa shape index (κ2) is 4.88. The van der Waals surface area contributed by atoms with Crippen LogP contribution in [0.3, 0.4) is 0 Å². The number of hydrogen-bond acceptors (Lipinski definition) is 3. The molecule has 3 N–H and O–H groups in total. The van der Waals surface area contributed by atoms with Crippen molar-refractivity contribution in [3.63, 3.8) is 0 Å². The molecule has 98 valence electrons. The molecule has 1 amide bonds. The quantitative estimate of drug-likeness (QED) is 0.592. The summed E-state index contributed by atoms with van der Waals surface area (Å²) in [5.41, 5.74) is 6.19. The highest BCUT2D eigenvalue weighted by atomic mass is 16.3. The molecule has 0 spiro atoms. The fraction of sp³-hybridized carbons (Fsp3) is 0.500. The van der Waals surface area contributed by atoms with E-state index in [4.69, 9.17) is 5.73 Å². The van der Waals surface area contributed by atoms with Crippen LogP contribution in [-0.2, 0) is 0 Å². The van der Waals surface area contributed by atoms with E-state index < -0.39 is 0 Å². The van der Waals surface area contributed by atoms with Crippen LogP contribution in [0.25, 0.3) is 0 Å². The van der Waals surface area contributed by atoms with Crippen LogP contribution in [-0.4, -0.2) is 28.0 Å². The maximum Gasteiger partial charge on any atom is 0.258 e. The molecular weight excluding hydrogens is 228 g/mol. The van der Waals surface area contributed by atoms with E-state index in [0.717, 1.165) is 19.3 Å². The molecule has 0 aromatic heterocycles. The molecule has 4 nitrogen and oxygen atoms in total. The second-order valence-corrected chi connectivity index (χ2v) is 5.08. The minimum atomic E-state index is -0.125. The molecule has 0 radical (unpaired) electrons. The number of nitrogens with two attached hydrogens (primary N) is 1. The van der Waals surface area contributed by atoms with E-state index in [1.165, 1.54) is 0 Å². The predicted octanol–water partition coefficient (Wildman–Crippen LogP) is 2.38. The topological polar surface area (TPSA) is 66.6 Å². The maximum absolute atomic E-state index is 12.5. The predicted molar refractivity (Wildman–Crippen MR) is 71.5 cm³/mol. The van der Waals surface area contributed by atoms with Crippen molar-refractivity contribution in [2.45, 2.75) is 45.2 Å². The van der Waals surface area contributed by atoms with E-state index in [1.54, 1.807) is 18.2 Å². The van der Waals surface area contributed by atoms with Crippen molar-refractivity contribution >= 4 is 11.6 Å². The Bertz CT molecular complexity index is 449. The van der Waals surface area contributed by atoms with Gasteiger partial charge in [-0.3, -0.25) is 4.79 Å². The Balaban J connectivity index is 2.32. The normalized spacial score (nSPS) is 24.0. The number of hydrogen-bond donors (Lipinski definition) is 2. The van der Waals surface area contributed by atoms with Crippen LogP contribution in [0.4, 0.5) is 5.69 Å². The van der Waals surface area contributed by atoms with Crippen LogP contribution < -0.4 is 5.73 Å². The number of amides is 1. The molecule has 0 saturated carbocycles. The van der Waals surface area contributed by atoms with E-state index in [9.17, 15) is 9.90 Å². The minimum Gasteiger partial charge on any atom is -0.505 e. The largest absolute Gasteiger partial charge is 0.505 e. The monoisotopic (exact) mass is 248 g/mol. The molecule has 1 aromatic rings. The molecule has 0 aliphatic carbocycles. The van der Waals surface area contributed by atoms with Gasteiger partial charge in [0.15, 0.2) is 5.75 Å². The first-order valence-electron chi connectivity index (χ1n) is 6.42. The summed E-state index contributed by atoms with van der Waals surface area (Å²) in [6.45, 7) is 4.10. The third kappa shape index (κ3) is 2.15. The van der Waals surface area contributed by atoms with E-state index in [-0.39, 0.29) is 29.4 Å². The Morgan fingerprint density at radius 3 is 2.56 bits per heavy atom. The smallest absolute Gasteiger partial charge is 0.258 e. The highest BCUT2D eigenvalue weighted by molar-refractivity contribution is 5.98. The van der Waals surface area contributed by atoms with Crippen molar-refractivity contribution in [3.05, 3.63) is 23.8 Å². The second-order valence-electron chi connectivity index (χ2n) is 5.08. The van der Waals surface area contributed by atoms with Crippen molar-refractivity contribution < 1.29 is 9.90 Å². The zero-order chi connectivity index (χ0) is 13.3. The molecule has 1 heterocycles. The Kier molecular flexibility index (Phi) is 3.45. The fourth-order valence-corrected chi connectivity index (χ4v) is 2.69. The van der Waals surface area contributed by atoms with Gasteiger partial charge in [-0.1, -0.05) is 6.07 Å².